The fraction of sp³-hybridized carbons (Fsp3) is 0.0909. The predicted octanol–water partition coefficient (Wildman–Crippen LogP) is 5.90. The van der Waals surface area contributed by atoms with Crippen molar-refractivity contribution in [1.29, 1.82) is 0 Å². The highest BCUT2D eigenvalue weighted by Gasteiger charge is 2.18. The SMILES string of the molecule is Cc1cc(C)cc(-c2nc(NC(=O)c3cncc(Br)c3)sc2-c2ccncc2)c1. The van der Waals surface area contributed by atoms with Gasteiger partial charge in [-0.15, -0.1) is 0 Å². The van der Waals surface area contributed by atoms with Crippen LogP contribution in [0.15, 0.2) is 65.7 Å². The summed E-state index contributed by atoms with van der Waals surface area (Å²) in [7, 11) is 0. The van der Waals surface area contributed by atoms with Crippen molar-refractivity contribution in [3.8, 4) is 21.7 Å². The molecule has 1 amide bonds. The van der Waals surface area contributed by atoms with Gasteiger partial charge in [0.2, 0.25) is 0 Å². The first-order chi connectivity index (χ1) is 14.0. The van der Waals surface area contributed by atoms with Gasteiger partial charge in [0.1, 0.15) is 0 Å². The summed E-state index contributed by atoms with van der Waals surface area (Å²) in [6, 6.07) is 12.0. The molecule has 29 heavy (non-hydrogen) atoms. The third-order valence-electron chi connectivity index (χ3n) is 4.25. The van der Waals surface area contributed by atoms with Crippen molar-refractivity contribution in [2.75, 3.05) is 5.32 Å². The van der Waals surface area contributed by atoms with Gasteiger partial charge in [-0.3, -0.25) is 20.1 Å². The molecular formula is C22H17BrN4OS. The van der Waals surface area contributed by atoms with Crippen LogP contribution < -0.4 is 5.32 Å². The predicted molar refractivity (Wildman–Crippen MR) is 120 cm³/mol. The van der Waals surface area contributed by atoms with Gasteiger partial charge < -0.3 is 0 Å². The minimum atomic E-state index is -0.249. The third-order valence-corrected chi connectivity index (χ3v) is 5.71. The standard InChI is InChI=1S/C22H17BrN4OS/c1-13-7-14(2)9-16(8-13)19-20(15-3-5-24-6-4-15)29-22(26-19)27-21(28)17-10-18(23)12-25-11-17/h3-12H,1-2H3,(H,26,27,28). The zero-order valence-electron chi connectivity index (χ0n) is 15.8. The summed E-state index contributed by atoms with van der Waals surface area (Å²) in [5, 5.41) is 3.44. The molecule has 1 N–H and O–H groups in total. The van der Waals surface area contributed by atoms with E-state index in [4.69, 9.17) is 4.98 Å². The molecule has 0 radical (unpaired) electrons. The Hall–Kier alpha value is -2.90. The Labute approximate surface area is 181 Å². The van der Waals surface area contributed by atoms with Crippen LogP contribution in [0.4, 0.5) is 5.13 Å². The second-order valence-electron chi connectivity index (χ2n) is 6.65. The van der Waals surface area contributed by atoms with E-state index in [1.54, 1.807) is 24.7 Å². The molecule has 0 bridgehead atoms. The average Bonchev–Trinajstić information content (AvgIpc) is 3.12. The Kier molecular flexibility index (Phi) is 5.51. The number of amides is 1. The van der Waals surface area contributed by atoms with Gasteiger partial charge in [-0.05, 0) is 65.7 Å². The molecule has 0 saturated heterocycles. The second-order valence-corrected chi connectivity index (χ2v) is 8.57. The highest BCUT2D eigenvalue weighted by atomic mass is 79.9. The number of aryl methyl sites for hydroxylation is 2. The number of nitrogens with one attached hydrogen (secondary N) is 1. The van der Waals surface area contributed by atoms with E-state index in [-0.39, 0.29) is 5.91 Å². The maximum Gasteiger partial charge on any atom is 0.259 e. The molecule has 0 aliphatic heterocycles. The molecule has 0 aliphatic rings. The highest BCUT2D eigenvalue weighted by Crippen LogP contribution is 2.39. The van der Waals surface area contributed by atoms with Crippen molar-refractivity contribution >= 4 is 38.3 Å². The molecule has 0 saturated carbocycles. The lowest BCUT2D eigenvalue weighted by Crippen LogP contribution is -2.11. The van der Waals surface area contributed by atoms with Gasteiger partial charge in [0.25, 0.3) is 5.91 Å². The summed E-state index contributed by atoms with van der Waals surface area (Å²) in [5.41, 5.74) is 5.68. The van der Waals surface area contributed by atoms with E-state index in [0.29, 0.717) is 10.7 Å². The number of pyridine rings is 2. The largest absolute Gasteiger partial charge is 0.298 e. The molecule has 4 aromatic rings. The van der Waals surface area contributed by atoms with Crippen molar-refractivity contribution in [3.05, 3.63) is 82.3 Å². The Balaban J connectivity index is 1.76. The molecule has 0 atom stereocenters. The van der Waals surface area contributed by atoms with Crippen LogP contribution >= 0.6 is 27.3 Å². The van der Waals surface area contributed by atoms with Gasteiger partial charge in [-0.25, -0.2) is 4.98 Å². The molecule has 4 rings (SSSR count). The van der Waals surface area contributed by atoms with E-state index < -0.39 is 0 Å². The molecule has 7 heteroatoms. The Bertz CT molecular complexity index is 1170. The summed E-state index contributed by atoms with van der Waals surface area (Å²) in [6.45, 7) is 4.13. The molecule has 1 aromatic carbocycles. The van der Waals surface area contributed by atoms with Crippen LogP contribution in [0, 0.1) is 13.8 Å². The number of anilines is 1. The molecule has 0 aliphatic carbocycles. The minimum absolute atomic E-state index is 0.249. The van der Waals surface area contributed by atoms with E-state index in [9.17, 15) is 4.79 Å². The van der Waals surface area contributed by atoms with Crippen molar-refractivity contribution in [2.45, 2.75) is 13.8 Å². The quantitative estimate of drug-likeness (QED) is 0.408. The summed E-state index contributed by atoms with van der Waals surface area (Å²) in [5.74, 6) is -0.249. The lowest BCUT2D eigenvalue weighted by molar-refractivity contribution is 0.102. The van der Waals surface area contributed by atoms with Crippen molar-refractivity contribution < 1.29 is 4.79 Å². The fourth-order valence-electron chi connectivity index (χ4n) is 3.08. The van der Waals surface area contributed by atoms with Crippen LogP contribution in [0.3, 0.4) is 0 Å². The maximum absolute atomic E-state index is 12.7. The van der Waals surface area contributed by atoms with Crippen LogP contribution in [0.1, 0.15) is 21.5 Å². The molecule has 0 unspecified atom stereocenters. The molecule has 3 aromatic heterocycles. The molecule has 0 spiro atoms. The second kappa shape index (κ2) is 8.23. The number of thiazole rings is 1. The van der Waals surface area contributed by atoms with E-state index >= 15 is 0 Å². The van der Waals surface area contributed by atoms with Crippen LogP contribution in [0.25, 0.3) is 21.7 Å². The highest BCUT2D eigenvalue weighted by molar-refractivity contribution is 9.10. The van der Waals surface area contributed by atoms with E-state index in [0.717, 1.165) is 26.2 Å². The number of hydrogen-bond donors (Lipinski definition) is 1. The Morgan fingerprint density at radius 2 is 1.69 bits per heavy atom. The first kappa shape index (κ1) is 19.4. The lowest BCUT2D eigenvalue weighted by Gasteiger charge is -2.05. The fourth-order valence-corrected chi connectivity index (χ4v) is 4.44. The monoisotopic (exact) mass is 464 g/mol. The first-order valence-electron chi connectivity index (χ1n) is 8.91. The number of nitrogens with zero attached hydrogens (tertiary/aromatic N) is 3. The van der Waals surface area contributed by atoms with Gasteiger partial charge >= 0.3 is 0 Å². The van der Waals surface area contributed by atoms with Crippen molar-refractivity contribution in [1.82, 2.24) is 15.0 Å². The molecule has 3 heterocycles. The minimum Gasteiger partial charge on any atom is -0.298 e. The number of carbonyl (C=O) groups excluding carboxylic acids is 1. The van der Waals surface area contributed by atoms with Gasteiger partial charge in [-0.1, -0.05) is 28.5 Å². The Morgan fingerprint density at radius 3 is 2.38 bits per heavy atom. The molecule has 0 fully saturated rings. The summed E-state index contributed by atoms with van der Waals surface area (Å²) in [4.78, 5) is 26.6. The maximum atomic E-state index is 12.7. The normalized spacial score (nSPS) is 10.7. The van der Waals surface area contributed by atoms with Crippen LogP contribution in [-0.2, 0) is 0 Å². The van der Waals surface area contributed by atoms with Gasteiger partial charge in [0, 0.05) is 34.8 Å². The number of aromatic nitrogens is 3. The lowest BCUT2D eigenvalue weighted by atomic mass is 10.0. The number of hydrogen-bond acceptors (Lipinski definition) is 5. The third kappa shape index (κ3) is 4.41. The smallest absolute Gasteiger partial charge is 0.259 e. The van der Waals surface area contributed by atoms with Crippen molar-refractivity contribution in [2.24, 2.45) is 0 Å². The van der Waals surface area contributed by atoms with Gasteiger partial charge in [-0.2, -0.15) is 0 Å². The van der Waals surface area contributed by atoms with Gasteiger partial charge in [0.05, 0.1) is 16.1 Å². The number of carbonyl (C=O) groups is 1. The zero-order chi connectivity index (χ0) is 20.4. The van der Waals surface area contributed by atoms with Crippen molar-refractivity contribution in [3.63, 3.8) is 0 Å². The zero-order valence-corrected chi connectivity index (χ0v) is 18.2. The van der Waals surface area contributed by atoms with Crippen LogP contribution in [0.2, 0.25) is 0 Å². The van der Waals surface area contributed by atoms with E-state index in [2.05, 4.69) is 63.3 Å². The topological polar surface area (TPSA) is 67.8 Å². The first-order valence-corrected chi connectivity index (χ1v) is 10.5. The summed E-state index contributed by atoms with van der Waals surface area (Å²) >= 11 is 4.79. The van der Waals surface area contributed by atoms with Gasteiger partial charge in [0.15, 0.2) is 5.13 Å². The molecule has 144 valence electrons. The summed E-state index contributed by atoms with van der Waals surface area (Å²) < 4.78 is 0.748. The molecule has 5 nitrogen and oxygen atoms in total. The number of halogens is 1. The molecular weight excluding hydrogens is 448 g/mol. The number of benzene rings is 1. The van der Waals surface area contributed by atoms with Crippen LogP contribution in [0.5, 0.6) is 0 Å². The van der Waals surface area contributed by atoms with E-state index in [1.165, 1.54) is 28.7 Å². The van der Waals surface area contributed by atoms with Crippen LogP contribution in [-0.4, -0.2) is 20.9 Å². The Morgan fingerprint density at radius 1 is 0.966 bits per heavy atom. The number of rotatable bonds is 4. The summed E-state index contributed by atoms with van der Waals surface area (Å²) in [6.07, 6.45) is 6.68. The average molecular weight is 465 g/mol. The van der Waals surface area contributed by atoms with E-state index in [1.807, 2.05) is 12.1 Å².